The summed E-state index contributed by atoms with van der Waals surface area (Å²) in [6.45, 7) is 8.86. The summed E-state index contributed by atoms with van der Waals surface area (Å²) in [5.74, 6) is 0. The molecule has 0 spiro atoms. The zero-order valence-electron chi connectivity index (χ0n) is 8.11. The Bertz CT molecular complexity index is 282. The molecule has 0 amide bonds. The van der Waals surface area contributed by atoms with Gasteiger partial charge in [-0.05, 0) is 44.4 Å². The molecule has 0 aliphatic carbocycles. The average Bonchev–Trinajstić information content (AvgIpc) is 1.92. The third-order valence-electron chi connectivity index (χ3n) is 2.25. The second-order valence-electron chi connectivity index (χ2n) is 3.72. The number of hydrogen-bond acceptors (Lipinski definition) is 0. The summed E-state index contributed by atoms with van der Waals surface area (Å²) in [6, 6.07) is 6.52. The van der Waals surface area contributed by atoms with Gasteiger partial charge in [0.15, 0.2) is 0 Å². The van der Waals surface area contributed by atoms with Crippen LogP contribution in [0, 0.1) is 13.8 Å². The molecule has 0 atom stereocenters. The van der Waals surface area contributed by atoms with E-state index in [-0.39, 0.29) is 3.42 Å². The number of aryl methyl sites for hydroxylation is 1. The lowest BCUT2D eigenvalue weighted by molar-refractivity contribution is 0.815. The van der Waals surface area contributed by atoms with Crippen LogP contribution >= 0.6 is 22.6 Å². The molecule has 0 aliphatic rings. The van der Waals surface area contributed by atoms with Crippen LogP contribution in [0.4, 0.5) is 0 Å². The van der Waals surface area contributed by atoms with Gasteiger partial charge in [-0.15, -0.1) is 0 Å². The number of rotatable bonds is 1. The van der Waals surface area contributed by atoms with Crippen LogP contribution in [0.15, 0.2) is 18.2 Å². The van der Waals surface area contributed by atoms with Gasteiger partial charge in [0.2, 0.25) is 0 Å². The van der Waals surface area contributed by atoms with Crippen molar-refractivity contribution < 1.29 is 0 Å². The SMILES string of the molecule is Cc1cccc(C(C)(C)I)c1C. The van der Waals surface area contributed by atoms with E-state index in [9.17, 15) is 0 Å². The fourth-order valence-electron chi connectivity index (χ4n) is 1.40. The van der Waals surface area contributed by atoms with Gasteiger partial charge >= 0.3 is 0 Å². The van der Waals surface area contributed by atoms with Crippen LogP contribution in [0.5, 0.6) is 0 Å². The van der Waals surface area contributed by atoms with Gasteiger partial charge in [0, 0.05) is 3.42 Å². The fourth-order valence-corrected chi connectivity index (χ4v) is 1.98. The zero-order valence-corrected chi connectivity index (χ0v) is 10.3. The Morgan fingerprint density at radius 2 is 1.75 bits per heavy atom. The topological polar surface area (TPSA) is 0 Å². The van der Waals surface area contributed by atoms with Crippen LogP contribution in [-0.4, -0.2) is 0 Å². The van der Waals surface area contributed by atoms with E-state index in [1.54, 1.807) is 0 Å². The van der Waals surface area contributed by atoms with Gasteiger partial charge in [-0.2, -0.15) is 0 Å². The van der Waals surface area contributed by atoms with Gasteiger partial charge in [-0.3, -0.25) is 0 Å². The molecule has 0 nitrogen and oxygen atoms in total. The van der Waals surface area contributed by atoms with E-state index in [1.165, 1.54) is 16.7 Å². The number of benzene rings is 1. The molecule has 0 unspecified atom stereocenters. The molecular weight excluding hydrogens is 259 g/mol. The van der Waals surface area contributed by atoms with Gasteiger partial charge in [0.05, 0.1) is 0 Å². The quantitative estimate of drug-likeness (QED) is 0.537. The molecule has 1 aromatic rings. The Labute approximate surface area is 88.5 Å². The molecule has 0 bridgehead atoms. The van der Waals surface area contributed by atoms with E-state index in [4.69, 9.17) is 0 Å². The summed E-state index contributed by atoms with van der Waals surface area (Å²) >= 11 is 2.48. The van der Waals surface area contributed by atoms with E-state index in [1.807, 2.05) is 0 Å². The third kappa shape index (κ3) is 2.00. The largest absolute Gasteiger partial charge is 0.0743 e. The lowest BCUT2D eigenvalue weighted by Crippen LogP contribution is -2.09. The maximum atomic E-state index is 2.48. The summed E-state index contributed by atoms with van der Waals surface area (Å²) in [7, 11) is 0. The van der Waals surface area contributed by atoms with Gasteiger partial charge in [-0.1, -0.05) is 40.8 Å². The van der Waals surface area contributed by atoms with Crippen LogP contribution < -0.4 is 0 Å². The number of alkyl halides is 1. The molecule has 0 radical (unpaired) electrons. The van der Waals surface area contributed by atoms with E-state index in [0.29, 0.717) is 0 Å². The Morgan fingerprint density at radius 1 is 1.17 bits per heavy atom. The highest BCUT2D eigenvalue weighted by atomic mass is 127. The maximum Gasteiger partial charge on any atom is 0.0416 e. The molecule has 1 aromatic carbocycles. The Kier molecular flexibility index (Phi) is 2.81. The first-order valence-electron chi connectivity index (χ1n) is 4.18. The number of halogens is 1. The Hall–Kier alpha value is -0.0500. The molecule has 0 N–H and O–H groups in total. The molecule has 0 fully saturated rings. The predicted molar refractivity (Wildman–Crippen MR) is 63.0 cm³/mol. The Morgan fingerprint density at radius 3 is 2.17 bits per heavy atom. The van der Waals surface area contributed by atoms with Crippen molar-refractivity contribution in [2.45, 2.75) is 31.1 Å². The second-order valence-corrected chi connectivity index (χ2v) is 6.42. The monoisotopic (exact) mass is 274 g/mol. The van der Waals surface area contributed by atoms with Crippen LogP contribution in [0.25, 0.3) is 0 Å². The zero-order chi connectivity index (χ0) is 9.35. The first-order chi connectivity index (χ1) is 5.43. The molecule has 12 heavy (non-hydrogen) atoms. The van der Waals surface area contributed by atoms with Crippen molar-refractivity contribution in [2.75, 3.05) is 0 Å². The van der Waals surface area contributed by atoms with Gasteiger partial charge < -0.3 is 0 Å². The minimum absolute atomic E-state index is 0.244. The summed E-state index contributed by atoms with van der Waals surface area (Å²) in [5, 5.41) is 0. The highest BCUT2D eigenvalue weighted by Gasteiger charge is 2.18. The molecule has 0 saturated carbocycles. The van der Waals surface area contributed by atoms with Crippen LogP contribution in [0.3, 0.4) is 0 Å². The maximum absolute atomic E-state index is 2.48. The van der Waals surface area contributed by atoms with Crippen molar-refractivity contribution in [2.24, 2.45) is 0 Å². The number of hydrogen-bond donors (Lipinski definition) is 0. The predicted octanol–water partition coefficient (Wildman–Crippen LogP) is 3.97. The molecule has 0 aromatic heterocycles. The van der Waals surface area contributed by atoms with Crippen LogP contribution in [0.1, 0.15) is 30.5 Å². The highest BCUT2D eigenvalue weighted by molar-refractivity contribution is 14.1. The normalized spacial score (nSPS) is 11.8. The second kappa shape index (κ2) is 3.36. The summed E-state index contributed by atoms with van der Waals surface area (Å²) in [5.41, 5.74) is 4.26. The fraction of sp³-hybridized carbons (Fsp3) is 0.455. The first kappa shape index (κ1) is 10.0. The van der Waals surface area contributed by atoms with Crippen molar-refractivity contribution in [3.8, 4) is 0 Å². The minimum Gasteiger partial charge on any atom is -0.0743 e. The smallest absolute Gasteiger partial charge is 0.0416 e. The highest BCUT2D eigenvalue weighted by Crippen LogP contribution is 2.33. The van der Waals surface area contributed by atoms with Crippen LogP contribution in [0.2, 0.25) is 0 Å². The molecule has 1 heteroatoms. The minimum atomic E-state index is 0.244. The summed E-state index contributed by atoms with van der Waals surface area (Å²) in [6.07, 6.45) is 0. The molecule has 0 heterocycles. The van der Waals surface area contributed by atoms with Gasteiger partial charge in [0.1, 0.15) is 0 Å². The molecule has 0 saturated heterocycles. The standard InChI is InChI=1S/C11H15I/c1-8-6-5-7-10(9(8)2)11(3,4)12/h5-7H,1-4H3. The van der Waals surface area contributed by atoms with Crippen molar-refractivity contribution in [3.63, 3.8) is 0 Å². The van der Waals surface area contributed by atoms with Gasteiger partial charge in [-0.25, -0.2) is 0 Å². The van der Waals surface area contributed by atoms with Crippen molar-refractivity contribution in [1.82, 2.24) is 0 Å². The third-order valence-corrected chi connectivity index (χ3v) is 2.83. The van der Waals surface area contributed by atoms with E-state index < -0.39 is 0 Å². The van der Waals surface area contributed by atoms with Crippen molar-refractivity contribution >= 4 is 22.6 Å². The first-order valence-corrected chi connectivity index (χ1v) is 5.26. The van der Waals surface area contributed by atoms with Crippen molar-refractivity contribution in [3.05, 3.63) is 34.9 Å². The molecule has 0 aliphatic heterocycles. The summed E-state index contributed by atoms with van der Waals surface area (Å²) in [4.78, 5) is 0. The van der Waals surface area contributed by atoms with Gasteiger partial charge in [0.25, 0.3) is 0 Å². The van der Waals surface area contributed by atoms with Crippen LogP contribution in [-0.2, 0) is 3.42 Å². The summed E-state index contributed by atoms with van der Waals surface area (Å²) < 4.78 is 0.244. The van der Waals surface area contributed by atoms with E-state index in [2.05, 4.69) is 68.5 Å². The van der Waals surface area contributed by atoms with E-state index >= 15 is 0 Å². The van der Waals surface area contributed by atoms with E-state index in [0.717, 1.165) is 0 Å². The van der Waals surface area contributed by atoms with Crippen molar-refractivity contribution in [1.29, 1.82) is 0 Å². The average molecular weight is 274 g/mol. The molecule has 66 valence electrons. The lowest BCUT2D eigenvalue weighted by Gasteiger charge is -2.20. The molecule has 1 rings (SSSR count). The lowest BCUT2D eigenvalue weighted by atomic mass is 9.95. The molecular formula is C11H15I. The Balaban J connectivity index is 3.26.